The largest absolute Gasteiger partial charge is 0.360 e. The summed E-state index contributed by atoms with van der Waals surface area (Å²) in [6.45, 7) is 2.84. The van der Waals surface area contributed by atoms with Crippen molar-refractivity contribution in [3.63, 3.8) is 0 Å². The van der Waals surface area contributed by atoms with E-state index in [0.717, 1.165) is 24.3 Å². The van der Waals surface area contributed by atoms with Crippen LogP contribution in [0.25, 0.3) is 11.3 Å². The minimum absolute atomic E-state index is 0.0293. The summed E-state index contributed by atoms with van der Waals surface area (Å²) < 4.78 is 0. The number of aromatic nitrogens is 3. The summed E-state index contributed by atoms with van der Waals surface area (Å²) in [6, 6.07) is 2.04. The van der Waals surface area contributed by atoms with Gasteiger partial charge in [0.2, 0.25) is 5.91 Å². The second-order valence-electron chi connectivity index (χ2n) is 8.35. The summed E-state index contributed by atoms with van der Waals surface area (Å²) in [5.74, 6) is 0.649. The van der Waals surface area contributed by atoms with E-state index < -0.39 is 0 Å². The maximum atomic E-state index is 12.7. The highest BCUT2D eigenvalue weighted by atomic mass is 16.2. The molecule has 1 saturated carbocycles. The number of H-pyrrole nitrogens is 1. The number of anilines is 1. The number of carbonyl (C=O) groups is 1. The zero-order chi connectivity index (χ0) is 21.1. The molecule has 2 fully saturated rings. The normalized spacial score (nSPS) is 16.8. The van der Waals surface area contributed by atoms with Crippen molar-refractivity contribution in [3.05, 3.63) is 53.4 Å². The molecule has 2 aromatic rings. The Morgan fingerprint density at radius 3 is 2.77 bits per heavy atom. The maximum absolute atomic E-state index is 12.7. The van der Waals surface area contributed by atoms with Gasteiger partial charge in [0.05, 0.1) is 17.9 Å². The Morgan fingerprint density at radius 1 is 1.30 bits per heavy atom. The highest BCUT2D eigenvalue weighted by Crippen LogP contribution is 2.33. The second kappa shape index (κ2) is 8.79. The van der Waals surface area contributed by atoms with Crippen LogP contribution in [0.5, 0.6) is 0 Å². The summed E-state index contributed by atoms with van der Waals surface area (Å²) in [6.07, 6.45) is 12.5. The van der Waals surface area contributed by atoms with Crippen molar-refractivity contribution in [1.29, 1.82) is 0 Å². The smallest absolute Gasteiger partial charge is 0.271 e. The number of nitrogens with zero attached hydrogens (tertiary/aromatic N) is 5. The van der Waals surface area contributed by atoms with E-state index in [2.05, 4.69) is 19.9 Å². The number of likely N-dealkylation sites (tertiary alicyclic amines) is 1. The molecule has 1 aliphatic carbocycles. The molecule has 0 radical (unpaired) electrons. The quantitative estimate of drug-likeness (QED) is 0.664. The first-order chi connectivity index (χ1) is 14.5. The molecule has 30 heavy (non-hydrogen) atoms. The van der Waals surface area contributed by atoms with Gasteiger partial charge in [-0.1, -0.05) is 6.08 Å². The van der Waals surface area contributed by atoms with Gasteiger partial charge in [0.15, 0.2) is 0 Å². The van der Waals surface area contributed by atoms with Crippen LogP contribution in [-0.2, 0) is 4.79 Å². The molecule has 4 rings (SSSR count). The molecule has 1 aliphatic heterocycles. The number of hydrogen-bond donors (Lipinski definition) is 1. The van der Waals surface area contributed by atoms with Gasteiger partial charge in [0, 0.05) is 56.4 Å². The molecule has 1 N–H and O–H groups in total. The minimum Gasteiger partial charge on any atom is -0.360 e. The van der Waals surface area contributed by atoms with Crippen molar-refractivity contribution in [2.75, 3.05) is 45.2 Å². The molecule has 8 heteroatoms. The Kier molecular flexibility index (Phi) is 5.94. The van der Waals surface area contributed by atoms with Gasteiger partial charge in [-0.25, -0.2) is 0 Å². The Morgan fingerprint density at radius 2 is 2.10 bits per heavy atom. The predicted molar refractivity (Wildman–Crippen MR) is 116 cm³/mol. The standard InChI is InChI=1S/C22H28N6O2/c1-26(2)9-3-4-21(29)27-14-18(15-27)28(13-16-5-6-16)20-10-17(11-25-22(20)30)19-12-23-7-8-24-19/h3-4,7-8,10-12,16,18H,5-6,9,13-15H2,1-2H3,(H,25,30). The van der Waals surface area contributed by atoms with Gasteiger partial charge < -0.3 is 19.7 Å². The zero-order valence-electron chi connectivity index (χ0n) is 17.5. The van der Waals surface area contributed by atoms with Crippen molar-refractivity contribution in [2.24, 2.45) is 5.92 Å². The summed E-state index contributed by atoms with van der Waals surface area (Å²) in [5, 5.41) is 0. The van der Waals surface area contributed by atoms with Crippen molar-refractivity contribution >= 4 is 11.6 Å². The molecule has 1 amide bonds. The lowest BCUT2D eigenvalue weighted by Gasteiger charge is -2.46. The average Bonchev–Trinajstić information content (AvgIpc) is 3.51. The van der Waals surface area contributed by atoms with Crippen molar-refractivity contribution in [2.45, 2.75) is 18.9 Å². The Labute approximate surface area is 176 Å². The number of rotatable bonds is 8. The van der Waals surface area contributed by atoms with Crippen LogP contribution < -0.4 is 10.5 Å². The Bertz CT molecular complexity index is 961. The van der Waals surface area contributed by atoms with Crippen molar-refractivity contribution in [3.8, 4) is 11.3 Å². The van der Waals surface area contributed by atoms with Crippen LogP contribution in [0.3, 0.4) is 0 Å². The number of aromatic amines is 1. The molecule has 0 atom stereocenters. The van der Waals surface area contributed by atoms with Crippen molar-refractivity contribution < 1.29 is 4.79 Å². The Hall–Kier alpha value is -3.00. The number of carbonyl (C=O) groups excluding carboxylic acids is 1. The number of pyridine rings is 1. The Balaban J connectivity index is 1.50. The third kappa shape index (κ3) is 4.76. The van der Waals surface area contributed by atoms with E-state index in [4.69, 9.17) is 0 Å². The van der Waals surface area contributed by atoms with Gasteiger partial charge in [-0.15, -0.1) is 0 Å². The van der Waals surface area contributed by atoms with Gasteiger partial charge >= 0.3 is 0 Å². The lowest BCUT2D eigenvalue weighted by Crippen LogP contribution is -2.62. The molecular weight excluding hydrogens is 380 g/mol. The molecule has 0 bridgehead atoms. The molecule has 2 aromatic heterocycles. The van der Waals surface area contributed by atoms with Crippen LogP contribution >= 0.6 is 0 Å². The fraction of sp³-hybridized carbons (Fsp3) is 0.455. The third-order valence-corrected chi connectivity index (χ3v) is 5.55. The number of hydrogen-bond acceptors (Lipinski definition) is 6. The van der Waals surface area contributed by atoms with E-state index in [1.165, 1.54) is 12.8 Å². The van der Waals surface area contributed by atoms with Gasteiger partial charge in [-0.2, -0.15) is 0 Å². The van der Waals surface area contributed by atoms with Gasteiger partial charge in [0.25, 0.3) is 5.56 Å². The topological polar surface area (TPSA) is 85.4 Å². The number of likely N-dealkylation sites (N-methyl/N-ethyl adjacent to an activating group) is 1. The first-order valence-corrected chi connectivity index (χ1v) is 10.4. The lowest BCUT2D eigenvalue weighted by molar-refractivity contribution is -0.130. The molecule has 8 nitrogen and oxygen atoms in total. The first kappa shape index (κ1) is 20.3. The third-order valence-electron chi connectivity index (χ3n) is 5.55. The fourth-order valence-corrected chi connectivity index (χ4v) is 3.61. The van der Waals surface area contributed by atoms with Crippen LogP contribution in [0.1, 0.15) is 12.8 Å². The zero-order valence-corrected chi connectivity index (χ0v) is 17.5. The molecule has 0 unspecified atom stereocenters. The number of amides is 1. The highest BCUT2D eigenvalue weighted by molar-refractivity contribution is 5.88. The van der Waals surface area contributed by atoms with Crippen LogP contribution in [0, 0.1) is 5.92 Å². The lowest BCUT2D eigenvalue weighted by atomic mass is 10.0. The molecule has 2 aliphatic rings. The van der Waals surface area contributed by atoms with Gasteiger partial charge in [0.1, 0.15) is 5.69 Å². The maximum Gasteiger partial charge on any atom is 0.271 e. The molecule has 1 saturated heterocycles. The summed E-state index contributed by atoms with van der Waals surface area (Å²) in [7, 11) is 3.94. The second-order valence-corrected chi connectivity index (χ2v) is 8.35. The van der Waals surface area contributed by atoms with Crippen LogP contribution in [0.4, 0.5) is 5.69 Å². The van der Waals surface area contributed by atoms with Crippen LogP contribution in [0.15, 0.2) is 47.8 Å². The SMILES string of the molecule is CN(C)CC=CC(=O)N1CC(N(CC2CC2)c2cc(-c3cnccn3)c[nH]c2=O)C1. The molecule has 0 spiro atoms. The van der Waals surface area contributed by atoms with E-state index in [0.29, 0.717) is 24.7 Å². The molecule has 158 valence electrons. The van der Waals surface area contributed by atoms with Gasteiger partial charge in [-0.05, 0) is 38.9 Å². The summed E-state index contributed by atoms with van der Waals surface area (Å²) in [4.78, 5) is 42.4. The van der Waals surface area contributed by atoms with Gasteiger partial charge in [-0.3, -0.25) is 19.6 Å². The molecule has 3 heterocycles. The van der Waals surface area contributed by atoms with E-state index in [-0.39, 0.29) is 17.5 Å². The van der Waals surface area contributed by atoms with Crippen molar-refractivity contribution in [1.82, 2.24) is 24.8 Å². The first-order valence-electron chi connectivity index (χ1n) is 10.4. The molecule has 0 aromatic carbocycles. The van der Waals surface area contributed by atoms with E-state index in [9.17, 15) is 9.59 Å². The summed E-state index contributed by atoms with van der Waals surface area (Å²) >= 11 is 0. The molecular formula is C22H28N6O2. The van der Waals surface area contributed by atoms with Crippen LogP contribution in [0.2, 0.25) is 0 Å². The highest BCUT2D eigenvalue weighted by Gasteiger charge is 2.37. The van der Waals surface area contributed by atoms with E-state index in [1.807, 2.05) is 36.0 Å². The average molecular weight is 409 g/mol. The van der Waals surface area contributed by atoms with Crippen LogP contribution in [-0.4, -0.2) is 77.0 Å². The minimum atomic E-state index is -0.112. The van der Waals surface area contributed by atoms with E-state index >= 15 is 0 Å². The summed E-state index contributed by atoms with van der Waals surface area (Å²) in [5.41, 5.74) is 2.08. The monoisotopic (exact) mass is 408 g/mol. The van der Waals surface area contributed by atoms with E-state index in [1.54, 1.807) is 30.9 Å². The fourth-order valence-electron chi connectivity index (χ4n) is 3.61. The predicted octanol–water partition coefficient (Wildman–Crippen LogP) is 1.38. The number of nitrogens with one attached hydrogen (secondary N) is 1.